The minimum atomic E-state index is -0.527. The molecule has 5 heteroatoms. The summed E-state index contributed by atoms with van der Waals surface area (Å²) in [5.74, 6) is 0.206. The molecule has 0 unspecified atom stereocenters. The monoisotopic (exact) mass is 373 g/mol. The second-order valence-electron chi connectivity index (χ2n) is 7.68. The largest absolute Gasteiger partial charge is 0.338 e. The van der Waals surface area contributed by atoms with Crippen molar-refractivity contribution < 1.29 is 9.59 Å². The van der Waals surface area contributed by atoms with E-state index in [0.717, 1.165) is 18.4 Å². The van der Waals surface area contributed by atoms with Crippen LogP contribution >= 0.6 is 0 Å². The SMILES string of the molecule is CCCCCCCC(=O)N1CCN(C(=O)[C@H](N)Cc2ccccc2)C[C@@H]1C. The normalized spacial score (nSPS) is 18.4. The number of carbonyl (C=O) groups is 2. The molecule has 150 valence electrons. The zero-order valence-electron chi connectivity index (χ0n) is 16.9. The third-order valence-electron chi connectivity index (χ3n) is 5.37. The molecule has 0 spiro atoms. The number of hydrogen-bond donors (Lipinski definition) is 1. The Kier molecular flexibility index (Phi) is 8.79. The minimum absolute atomic E-state index is 0.0163. The molecule has 1 heterocycles. The van der Waals surface area contributed by atoms with Gasteiger partial charge in [-0.15, -0.1) is 0 Å². The second kappa shape index (κ2) is 11.1. The highest BCUT2D eigenvalue weighted by molar-refractivity contribution is 5.83. The summed E-state index contributed by atoms with van der Waals surface area (Å²) in [6.45, 7) is 5.98. The van der Waals surface area contributed by atoms with Crippen LogP contribution in [-0.4, -0.2) is 53.3 Å². The Bertz CT molecular complexity index is 590. The average molecular weight is 374 g/mol. The summed E-state index contributed by atoms with van der Waals surface area (Å²) in [5, 5.41) is 0. The predicted molar refractivity (Wildman–Crippen MR) is 109 cm³/mol. The highest BCUT2D eigenvalue weighted by Gasteiger charge is 2.31. The standard InChI is InChI=1S/C22H35N3O2/c1-3-4-5-6-10-13-21(26)25-15-14-24(17-18(25)2)22(27)20(23)16-19-11-8-7-9-12-19/h7-9,11-12,18,20H,3-6,10,13-17,23H2,1-2H3/t18-,20+/m0/s1. The third-order valence-corrected chi connectivity index (χ3v) is 5.37. The Morgan fingerprint density at radius 2 is 1.81 bits per heavy atom. The molecule has 1 aliphatic heterocycles. The van der Waals surface area contributed by atoms with Crippen LogP contribution in [0.5, 0.6) is 0 Å². The van der Waals surface area contributed by atoms with E-state index in [1.165, 1.54) is 19.3 Å². The second-order valence-corrected chi connectivity index (χ2v) is 7.68. The van der Waals surface area contributed by atoms with Crippen LogP contribution in [-0.2, 0) is 16.0 Å². The summed E-state index contributed by atoms with van der Waals surface area (Å²) in [5.41, 5.74) is 7.23. The van der Waals surface area contributed by atoms with Crippen LogP contribution < -0.4 is 5.73 Å². The summed E-state index contributed by atoms with van der Waals surface area (Å²) in [4.78, 5) is 28.9. The zero-order chi connectivity index (χ0) is 19.6. The fraction of sp³-hybridized carbons (Fsp3) is 0.636. The fourth-order valence-corrected chi connectivity index (χ4v) is 3.74. The average Bonchev–Trinajstić information content (AvgIpc) is 2.67. The van der Waals surface area contributed by atoms with Gasteiger partial charge in [-0.2, -0.15) is 0 Å². The van der Waals surface area contributed by atoms with E-state index in [0.29, 0.717) is 32.5 Å². The topological polar surface area (TPSA) is 66.6 Å². The van der Waals surface area contributed by atoms with Gasteiger partial charge in [-0.1, -0.05) is 62.9 Å². The van der Waals surface area contributed by atoms with Crippen LogP contribution in [0.25, 0.3) is 0 Å². The van der Waals surface area contributed by atoms with Gasteiger partial charge in [-0.25, -0.2) is 0 Å². The summed E-state index contributed by atoms with van der Waals surface area (Å²) in [6, 6.07) is 9.39. The van der Waals surface area contributed by atoms with Crippen molar-refractivity contribution in [2.24, 2.45) is 5.73 Å². The van der Waals surface area contributed by atoms with Crippen molar-refractivity contribution in [1.29, 1.82) is 0 Å². The van der Waals surface area contributed by atoms with Crippen molar-refractivity contribution in [2.75, 3.05) is 19.6 Å². The molecule has 2 atom stereocenters. The molecule has 0 aliphatic carbocycles. The van der Waals surface area contributed by atoms with Gasteiger partial charge < -0.3 is 15.5 Å². The minimum Gasteiger partial charge on any atom is -0.338 e. The highest BCUT2D eigenvalue weighted by atomic mass is 16.2. The van der Waals surface area contributed by atoms with Crippen molar-refractivity contribution >= 4 is 11.8 Å². The van der Waals surface area contributed by atoms with Crippen molar-refractivity contribution in [2.45, 2.75) is 70.9 Å². The smallest absolute Gasteiger partial charge is 0.239 e. The first kappa shape index (κ1) is 21.4. The van der Waals surface area contributed by atoms with Gasteiger partial charge >= 0.3 is 0 Å². The molecule has 0 radical (unpaired) electrons. The molecule has 1 aromatic carbocycles. The highest BCUT2D eigenvalue weighted by Crippen LogP contribution is 2.15. The third kappa shape index (κ3) is 6.65. The van der Waals surface area contributed by atoms with Gasteiger partial charge in [0.2, 0.25) is 11.8 Å². The molecule has 5 nitrogen and oxygen atoms in total. The van der Waals surface area contributed by atoms with Gasteiger partial charge in [0.15, 0.2) is 0 Å². The number of nitrogens with two attached hydrogens (primary N) is 1. The number of amides is 2. The van der Waals surface area contributed by atoms with Crippen LogP contribution in [0, 0.1) is 0 Å². The van der Waals surface area contributed by atoms with E-state index in [9.17, 15) is 9.59 Å². The van der Waals surface area contributed by atoms with Crippen LogP contribution in [0.3, 0.4) is 0 Å². The molecule has 27 heavy (non-hydrogen) atoms. The molecule has 0 aromatic heterocycles. The number of hydrogen-bond acceptors (Lipinski definition) is 3. The Morgan fingerprint density at radius 3 is 2.48 bits per heavy atom. The summed E-state index contributed by atoms with van der Waals surface area (Å²) >= 11 is 0. The van der Waals surface area contributed by atoms with E-state index >= 15 is 0 Å². The maximum atomic E-state index is 12.7. The van der Waals surface area contributed by atoms with Crippen LogP contribution in [0.15, 0.2) is 30.3 Å². The number of unbranched alkanes of at least 4 members (excludes halogenated alkanes) is 4. The van der Waals surface area contributed by atoms with Gasteiger partial charge in [-0.05, 0) is 25.3 Å². The molecule has 2 rings (SSSR count). The maximum absolute atomic E-state index is 12.7. The predicted octanol–water partition coefficient (Wildman–Crippen LogP) is 2.98. The molecule has 1 saturated heterocycles. The van der Waals surface area contributed by atoms with Crippen molar-refractivity contribution in [3.05, 3.63) is 35.9 Å². The van der Waals surface area contributed by atoms with Gasteiger partial charge in [0.1, 0.15) is 0 Å². The van der Waals surface area contributed by atoms with Crippen LogP contribution in [0.2, 0.25) is 0 Å². The lowest BCUT2D eigenvalue weighted by atomic mass is 10.0. The Morgan fingerprint density at radius 1 is 1.11 bits per heavy atom. The molecule has 0 bridgehead atoms. The Balaban J connectivity index is 1.77. The number of nitrogens with zero attached hydrogens (tertiary/aromatic N) is 2. The first-order chi connectivity index (χ1) is 13.0. The van der Waals surface area contributed by atoms with Gasteiger partial charge in [0, 0.05) is 32.1 Å². The molecule has 0 saturated carbocycles. The zero-order valence-corrected chi connectivity index (χ0v) is 16.9. The number of piperazine rings is 1. The van der Waals surface area contributed by atoms with Gasteiger partial charge in [0.25, 0.3) is 0 Å². The van der Waals surface area contributed by atoms with Gasteiger partial charge in [-0.3, -0.25) is 9.59 Å². The van der Waals surface area contributed by atoms with E-state index in [-0.39, 0.29) is 17.9 Å². The number of rotatable bonds is 9. The lowest BCUT2D eigenvalue weighted by Crippen LogP contribution is -2.58. The van der Waals surface area contributed by atoms with Crippen molar-refractivity contribution in [1.82, 2.24) is 9.80 Å². The molecule has 1 aliphatic rings. The summed E-state index contributed by atoms with van der Waals surface area (Å²) < 4.78 is 0. The first-order valence-corrected chi connectivity index (χ1v) is 10.4. The van der Waals surface area contributed by atoms with E-state index < -0.39 is 6.04 Å². The molecular formula is C22H35N3O2. The van der Waals surface area contributed by atoms with E-state index in [1.54, 1.807) is 0 Å². The molecule has 2 N–H and O–H groups in total. The molecule has 2 amide bonds. The Hall–Kier alpha value is -1.88. The van der Waals surface area contributed by atoms with Crippen LogP contribution in [0.1, 0.15) is 57.9 Å². The summed E-state index contributed by atoms with van der Waals surface area (Å²) in [7, 11) is 0. The molecular weight excluding hydrogens is 338 g/mol. The van der Waals surface area contributed by atoms with E-state index in [1.807, 2.05) is 47.1 Å². The Labute approximate surface area is 163 Å². The first-order valence-electron chi connectivity index (χ1n) is 10.4. The lowest BCUT2D eigenvalue weighted by molar-refractivity contribution is -0.143. The lowest BCUT2D eigenvalue weighted by Gasteiger charge is -2.40. The van der Waals surface area contributed by atoms with Crippen LogP contribution in [0.4, 0.5) is 0 Å². The molecule has 1 aromatic rings. The van der Waals surface area contributed by atoms with Crippen molar-refractivity contribution in [3.8, 4) is 0 Å². The fourth-order valence-electron chi connectivity index (χ4n) is 3.74. The quantitative estimate of drug-likeness (QED) is 0.677. The van der Waals surface area contributed by atoms with E-state index in [2.05, 4.69) is 6.92 Å². The summed E-state index contributed by atoms with van der Waals surface area (Å²) in [6.07, 6.45) is 6.93. The van der Waals surface area contributed by atoms with Crippen molar-refractivity contribution in [3.63, 3.8) is 0 Å². The van der Waals surface area contributed by atoms with Gasteiger partial charge in [0.05, 0.1) is 6.04 Å². The maximum Gasteiger partial charge on any atom is 0.239 e. The van der Waals surface area contributed by atoms with E-state index in [4.69, 9.17) is 5.73 Å². The molecule has 1 fully saturated rings. The number of carbonyl (C=O) groups excluding carboxylic acids is 2. The number of benzene rings is 1.